The van der Waals surface area contributed by atoms with Gasteiger partial charge in [-0.25, -0.2) is 0 Å². The number of ether oxygens (including phenoxy) is 2. The Kier molecular flexibility index (Phi) is 6.86. The molecule has 5 nitrogen and oxygen atoms in total. The van der Waals surface area contributed by atoms with Crippen molar-refractivity contribution in [2.75, 3.05) is 47.1 Å². The summed E-state index contributed by atoms with van der Waals surface area (Å²) in [5.41, 5.74) is 1.27. The van der Waals surface area contributed by atoms with Crippen LogP contribution in [-0.4, -0.2) is 57.9 Å². The number of hydrogen-bond acceptors (Lipinski definition) is 3. The fourth-order valence-corrected chi connectivity index (χ4v) is 3.42. The second kappa shape index (κ2) is 9.55. The third kappa shape index (κ3) is 4.96. The molecule has 0 radical (unpaired) electrons. The molecular weight excluding hydrogens is 326 g/mol. The minimum absolute atomic E-state index is 0.561. The van der Waals surface area contributed by atoms with Crippen LogP contribution in [0.3, 0.4) is 0 Å². The number of aliphatic imine (C=N–C) groups is 1. The smallest absolute Gasteiger partial charge is 0.193 e. The zero-order valence-corrected chi connectivity index (χ0v) is 15.8. The molecule has 2 aromatic rings. The highest BCUT2D eigenvalue weighted by atomic mass is 16.5. The molecule has 5 heteroatoms. The third-order valence-corrected chi connectivity index (χ3v) is 4.85. The molecule has 0 spiro atoms. The average molecular weight is 355 g/mol. The minimum Gasteiger partial charge on any atom is -0.382 e. The van der Waals surface area contributed by atoms with Crippen molar-refractivity contribution in [3.05, 3.63) is 48.0 Å². The number of benzene rings is 2. The van der Waals surface area contributed by atoms with Gasteiger partial charge in [0, 0.05) is 39.7 Å². The molecule has 0 saturated carbocycles. The number of likely N-dealkylation sites (tertiary alicyclic amines) is 1. The Morgan fingerprint density at radius 2 is 2.04 bits per heavy atom. The van der Waals surface area contributed by atoms with E-state index >= 15 is 0 Å². The van der Waals surface area contributed by atoms with E-state index in [9.17, 15) is 0 Å². The first-order chi connectivity index (χ1) is 12.8. The fourth-order valence-electron chi connectivity index (χ4n) is 3.42. The van der Waals surface area contributed by atoms with Crippen LogP contribution in [0, 0.1) is 5.92 Å². The number of nitrogens with zero attached hydrogens (tertiary/aromatic N) is 2. The Hall–Kier alpha value is -2.11. The molecule has 0 bridgehead atoms. The van der Waals surface area contributed by atoms with E-state index in [2.05, 4.69) is 57.7 Å². The number of fused-ring (bicyclic) bond motifs is 1. The summed E-state index contributed by atoms with van der Waals surface area (Å²) in [7, 11) is 3.55. The van der Waals surface area contributed by atoms with Crippen molar-refractivity contribution in [3.8, 4) is 0 Å². The average Bonchev–Trinajstić information content (AvgIpc) is 3.14. The molecule has 1 unspecified atom stereocenters. The molecule has 2 aromatic carbocycles. The van der Waals surface area contributed by atoms with Crippen molar-refractivity contribution in [1.29, 1.82) is 0 Å². The summed E-state index contributed by atoms with van der Waals surface area (Å²) in [6.45, 7) is 4.91. The number of hydrogen-bond donors (Lipinski definition) is 1. The van der Waals surface area contributed by atoms with Gasteiger partial charge in [0.25, 0.3) is 0 Å². The van der Waals surface area contributed by atoms with Gasteiger partial charge in [-0.3, -0.25) is 4.99 Å². The molecular formula is C21H29N3O2. The van der Waals surface area contributed by atoms with Crippen molar-refractivity contribution in [2.24, 2.45) is 10.9 Å². The second-order valence-corrected chi connectivity index (χ2v) is 6.75. The first-order valence-electron chi connectivity index (χ1n) is 9.30. The fraction of sp³-hybridized carbons (Fsp3) is 0.476. The van der Waals surface area contributed by atoms with E-state index in [4.69, 9.17) is 9.47 Å². The molecule has 1 heterocycles. The predicted octanol–water partition coefficient (Wildman–Crippen LogP) is 2.90. The molecule has 1 saturated heterocycles. The second-order valence-electron chi connectivity index (χ2n) is 6.75. The highest BCUT2D eigenvalue weighted by molar-refractivity contribution is 5.83. The Morgan fingerprint density at radius 1 is 1.19 bits per heavy atom. The van der Waals surface area contributed by atoms with Gasteiger partial charge in [0.15, 0.2) is 5.96 Å². The van der Waals surface area contributed by atoms with Crippen LogP contribution in [0.5, 0.6) is 0 Å². The number of nitrogens with one attached hydrogen (secondary N) is 1. The molecule has 1 atom stereocenters. The van der Waals surface area contributed by atoms with E-state index in [0.29, 0.717) is 19.1 Å². The van der Waals surface area contributed by atoms with Gasteiger partial charge in [0.05, 0.1) is 19.8 Å². The van der Waals surface area contributed by atoms with Gasteiger partial charge in [-0.1, -0.05) is 36.4 Å². The topological polar surface area (TPSA) is 46.1 Å². The van der Waals surface area contributed by atoms with Crippen LogP contribution in [0.15, 0.2) is 47.5 Å². The maximum absolute atomic E-state index is 5.68. The van der Waals surface area contributed by atoms with Crippen molar-refractivity contribution < 1.29 is 9.47 Å². The van der Waals surface area contributed by atoms with Gasteiger partial charge in [-0.05, 0) is 28.8 Å². The molecule has 0 amide bonds. The lowest BCUT2D eigenvalue weighted by Crippen LogP contribution is -2.39. The Morgan fingerprint density at radius 3 is 2.85 bits per heavy atom. The number of rotatable bonds is 7. The molecule has 1 fully saturated rings. The van der Waals surface area contributed by atoms with Crippen LogP contribution in [0.4, 0.5) is 0 Å². The van der Waals surface area contributed by atoms with Crippen LogP contribution in [0.25, 0.3) is 10.8 Å². The molecule has 3 rings (SSSR count). The number of guanidine groups is 1. The van der Waals surface area contributed by atoms with Crippen LogP contribution in [-0.2, 0) is 16.0 Å². The summed E-state index contributed by atoms with van der Waals surface area (Å²) in [4.78, 5) is 6.79. The summed E-state index contributed by atoms with van der Waals surface area (Å²) < 4.78 is 10.7. The Bertz CT molecular complexity index is 732. The molecule has 0 aromatic heterocycles. The van der Waals surface area contributed by atoms with Crippen molar-refractivity contribution in [1.82, 2.24) is 10.2 Å². The molecule has 1 N–H and O–H groups in total. The first kappa shape index (κ1) is 18.7. The normalized spacial score (nSPS) is 17.8. The largest absolute Gasteiger partial charge is 0.382 e. The van der Waals surface area contributed by atoms with Crippen LogP contribution in [0.1, 0.15) is 12.0 Å². The highest BCUT2D eigenvalue weighted by Gasteiger charge is 2.24. The summed E-state index contributed by atoms with van der Waals surface area (Å²) in [6, 6.07) is 15.1. The van der Waals surface area contributed by atoms with E-state index in [1.807, 2.05) is 7.05 Å². The van der Waals surface area contributed by atoms with Gasteiger partial charge in [-0.2, -0.15) is 0 Å². The van der Waals surface area contributed by atoms with E-state index < -0.39 is 0 Å². The maximum atomic E-state index is 5.68. The van der Waals surface area contributed by atoms with Gasteiger partial charge >= 0.3 is 0 Å². The Balaban J connectivity index is 1.50. The monoisotopic (exact) mass is 355 g/mol. The quantitative estimate of drug-likeness (QED) is 0.471. The lowest BCUT2D eigenvalue weighted by Gasteiger charge is -2.22. The van der Waals surface area contributed by atoms with Crippen molar-refractivity contribution in [2.45, 2.75) is 13.0 Å². The van der Waals surface area contributed by atoms with Gasteiger partial charge < -0.3 is 19.7 Å². The van der Waals surface area contributed by atoms with E-state index in [-0.39, 0.29) is 0 Å². The molecule has 0 aliphatic carbocycles. The van der Waals surface area contributed by atoms with Crippen molar-refractivity contribution >= 4 is 16.7 Å². The lowest BCUT2D eigenvalue weighted by atomic mass is 10.1. The first-order valence-corrected chi connectivity index (χ1v) is 9.30. The zero-order valence-electron chi connectivity index (χ0n) is 15.8. The highest BCUT2D eigenvalue weighted by Crippen LogP contribution is 2.18. The molecule has 26 heavy (non-hydrogen) atoms. The summed E-state index contributed by atoms with van der Waals surface area (Å²) in [6.07, 6.45) is 1.14. The van der Waals surface area contributed by atoms with Gasteiger partial charge in [-0.15, -0.1) is 0 Å². The summed E-state index contributed by atoms with van der Waals surface area (Å²) in [5, 5.41) is 6.05. The third-order valence-electron chi connectivity index (χ3n) is 4.85. The summed E-state index contributed by atoms with van der Waals surface area (Å²) >= 11 is 0. The van der Waals surface area contributed by atoms with Crippen LogP contribution in [0.2, 0.25) is 0 Å². The van der Waals surface area contributed by atoms with E-state index in [1.165, 1.54) is 16.3 Å². The van der Waals surface area contributed by atoms with Gasteiger partial charge in [0.1, 0.15) is 0 Å². The van der Waals surface area contributed by atoms with E-state index in [0.717, 1.165) is 38.6 Å². The summed E-state index contributed by atoms with van der Waals surface area (Å²) in [5.74, 6) is 1.53. The molecule has 140 valence electrons. The lowest BCUT2D eigenvalue weighted by molar-refractivity contribution is 0.0536. The SMILES string of the molecule is CN=C(NCc1ccc2ccccc2c1)N1CCC(COCCOC)C1. The zero-order chi connectivity index (χ0) is 18.2. The predicted molar refractivity (Wildman–Crippen MR) is 107 cm³/mol. The maximum Gasteiger partial charge on any atom is 0.193 e. The van der Waals surface area contributed by atoms with Crippen LogP contribution < -0.4 is 5.32 Å². The molecule has 1 aliphatic rings. The number of methoxy groups -OCH3 is 1. The van der Waals surface area contributed by atoms with Crippen LogP contribution >= 0.6 is 0 Å². The standard InChI is InChI=1S/C21H29N3O2/c1-22-21(24-10-9-18(15-24)16-26-12-11-25-2)23-14-17-7-8-19-5-3-4-6-20(19)13-17/h3-8,13,18H,9-12,14-16H2,1-2H3,(H,22,23). The van der Waals surface area contributed by atoms with E-state index in [1.54, 1.807) is 7.11 Å². The molecule has 1 aliphatic heterocycles. The van der Waals surface area contributed by atoms with Crippen molar-refractivity contribution in [3.63, 3.8) is 0 Å². The van der Waals surface area contributed by atoms with Gasteiger partial charge in [0.2, 0.25) is 0 Å². The Labute approximate surface area is 156 Å². The minimum atomic E-state index is 0.561.